The van der Waals surface area contributed by atoms with E-state index in [2.05, 4.69) is 5.32 Å². The van der Waals surface area contributed by atoms with E-state index >= 15 is 0 Å². The monoisotopic (exact) mass is 312 g/mol. The van der Waals surface area contributed by atoms with Crippen molar-refractivity contribution in [2.75, 3.05) is 10.2 Å². The Balaban J connectivity index is 1.84. The van der Waals surface area contributed by atoms with E-state index in [1.165, 1.54) is 17.0 Å². The normalized spacial score (nSPS) is 17.7. The number of para-hydroxylation sites is 1. The minimum Gasteiger partial charge on any atom is -0.373 e. The molecule has 1 fully saturated rings. The van der Waals surface area contributed by atoms with Crippen LogP contribution in [-0.4, -0.2) is 17.9 Å². The smallest absolute Gasteiger partial charge is 0.256 e. The number of hydrogen-bond acceptors (Lipinski definition) is 3. The summed E-state index contributed by atoms with van der Waals surface area (Å²) >= 11 is 0. The van der Waals surface area contributed by atoms with Crippen molar-refractivity contribution in [3.05, 3.63) is 59.9 Å². The van der Waals surface area contributed by atoms with E-state index in [1.807, 2.05) is 25.1 Å². The number of anilines is 2. The molecule has 4 nitrogen and oxygen atoms in total. The maximum Gasteiger partial charge on any atom is 0.256 e. The molecule has 2 aromatic carbocycles. The Hall–Kier alpha value is -2.69. The summed E-state index contributed by atoms with van der Waals surface area (Å²) in [6.45, 7) is 1.98. The maximum atomic E-state index is 12.9. The fourth-order valence-corrected chi connectivity index (χ4v) is 2.77. The van der Waals surface area contributed by atoms with Gasteiger partial charge in [0.05, 0.1) is 12.1 Å². The van der Waals surface area contributed by atoms with E-state index in [-0.39, 0.29) is 24.1 Å². The van der Waals surface area contributed by atoms with E-state index in [1.54, 1.807) is 18.2 Å². The van der Waals surface area contributed by atoms with Crippen LogP contribution in [0.1, 0.15) is 18.9 Å². The largest absolute Gasteiger partial charge is 0.373 e. The zero-order valence-corrected chi connectivity index (χ0v) is 12.8. The van der Waals surface area contributed by atoms with Gasteiger partial charge in [0.15, 0.2) is 0 Å². The predicted molar refractivity (Wildman–Crippen MR) is 86.7 cm³/mol. The number of benzene rings is 2. The number of rotatable bonds is 4. The maximum absolute atomic E-state index is 12.9. The molecule has 1 saturated heterocycles. The van der Waals surface area contributed by atoms with Crippen molar-refractivity contribution in [2.45, 2.75) is 25.8 Å². The fraction of sp³-hybridized carbons (Fsp3) is 0.222. The van der Waals surface area contributed by atoms with Crippen molar-refractivity contribution >= 4 is 23.2 Å². The van der Waals surface area contributed by atoms with Gasteiger partial charge < -0.3 is 5.32 Å². The van der Waals surface area contributed by atoms with Gasteiger partial charge in [-0.25, -0.2) is 9.29 Å². The van der Waals surface area contributed by atoms with E-state index < -0.39 is 6.04 Å². The first-order valence-corrected chi connectivity index (χ1v) is 7.57. The Labute approximate surface area is 133 Å². The quantitative estimate of drug-likeness (QED) is 0.882. The highest BCUT2D eigenvalue weighted by atomic mass is 19.1. The molecular formula is C18H17FN2O2. The Morgan fingerprint density at radius 2 is 1.83 bits per heavy atom. The Morgan fingerprint density at radius 3 is 2.52 bits per heavy atom. The van der Waals surface area contributed by atoms with Crippen molar-refractivity contribution in [1.29, 1.82) is 0 Å². The van der Waals surface area contributed by atoms with E-state index in [9.17, 15) is 14.0 Å². The van der Waals surface area contributed by atoms with Crippen LogP contribution in [0.3, 0.4) is 0 Å². The second-order valence-electron chi connectivity index (χ2n) is 5.46. The van der Waals surface area contributed by atoms with Gasteiger partial charge in [-0.1, -0.05) is 25.1 Å². The molecule has 0 spiro atoms. The van der Waals surface area contributed by atoms with E-state index in [4.69, 9.17) is 0 Å². The number of nitrogens with zero attached hydrogens (tertiary/aromatic N) is 1. The highest BCUT2D eigenvalue weighted by molar-refractivity contribution is 6.23. The van der Waals surface area contributed by atoms with Gasteiger partial charge >= 0.3 is 0 Å². The summed E-state index contributed by atoms with van der Waals surface area (Å²) < 4.78 is 12.9. The lowest BCUT2D eigenvalue weighted by Gasteiger charge is -2.18. The van der Waals surface area contributed by atoms with Gasteiger partial charge in [-0.05, 0) is 42.3 Å². The molecule has 3 rings (SSSR count). The fourth-order valence-electron chi connectivity index (χ4n) is 2.77. The van der Waals surface area contributed by atoms with Crippen LogP contribution < -0.4 is 10.2 Å². The van der Waals surface area contributed by atoms with Crippen molar-refractivity contribution in [2.24, 2.45) is 0 Å². The third-order valence-electron chi connectivity index (χ3n) is 3.95. The molecule has 1 N–H and O–H groups in total. The average Bonchev–Trinajstić information content (AvgIpc) is 2.83. The number of aryl methyl sites for hydroxylation is 1. The lowest BCUT2D eigenvalue weighted by atomic mass is 10.1. The van der Waals surface area contributed by atoms with Gasteiger partial charge in [0.2, 0.25) is 5.91 Å². The van der Waals surface area contributed by atoms with Crippen LogP contribution in [-0.2, 0) is 16.0 Å². The molecular weight excluding hydrogens is 295 g/mol. The summed E-state index contributed by atoms with van der Waals surface area (Å²) in [6.07, 6.45) is 0.831. The second-order valence-corrected chi connectivity index (χ2v) is 5.46. The molecule has 0 aliphatic carbocycles. The van der Waals surface area contributed by atoms with Crippen LogP contribution >= 0.6 is 0 Å². The molecule has 2 amide bonds. The van der Waals surface area contributed by atoms with Gasteiger partial charge in [0.25, 0.3) is 5.91 Å². The molecule has 0 radical (unpaired) electrons. The number of amides is 2. The molecule has 1 aliphatic heterocycles. The SMILES string of the molecule is CCc1ccccc1N1C(=O)C[C@@H](Nc2ccc(F)cc2)C1=O. The molecule has 0 saturated carbocycles. The Bertz CT molecular complexity index is 743. The molecule has 0 unspecified atom stereocenters. The average molecular weight is 312 g/mol. The van der Waals surface area contributed by atoms with Crippen LogP contribution in [0.25, 0.3) is 0 Å². The first-order valence-electron chi connectivity index (χ1n) is 7.57. The van der Waals surface area contributed by atoms with Crippen molar-refractivity contribution in [3.8, 4) is 0 Å². The highest BCUT2D eigenvalue weighted by Gasteiger charge is 2.40. The van der Waals surface area contributed by atoms with Crippen molar-refractivity contribution in [1.82, 2.24) is 0 Å². The third-order valence-corrected chi connectivity index (χ3v) is 3.95. The Kier molecular flexibility index (Phi) is 4.10. The number of imide groups is 1. The van der Waals surface area contributed by atoms with Gasteiger partial charge in [0.1, 0.15) is 11.9 Å². The van der Waals surface area contributed by atoms with Crippen LogP contribution in [0.2, 0.25) is 0 Å². The van der Waals surface area contributed by atoms with Crippen LogP contribution in [0.5, 0.6) is 0 Å². The van der Waals surface area contributed by atoms with E-state index in [0.29, 0.717) is 11.4 Å². The highest BCUT2D eigenvalue weighted by Crippen LogP contribution is 2.28. The molecule has 2 aromatic rings. The summed E-state index contributed by atoms with van der Waals surface area (Å²) in [5.74, 6) is -0.849. The molecule has 5 heteroatoms. The van der Waals surface area contributed by atoms with Crippen molar-refractivity contribution < 1.29 is 14.0 Å². The van der Waals surface area contributed by atoms with Crippen LogP contribution in [0.4, 0.5) is 15.8 Å². The number of halogens is 1. The Morgan fingerprint density at radius 1 is 1.13 bits per heavy atom. The lowest BCUT2D eigenvalue weighted by molar-refractivity contribution is -0.121. The van der Waals surface area contributed by atoms with Crippen LogP contribution in [0, 0.1) is 5.82 Å². The number of carbonyl (C=O) groups excluding carboxylic acids is 2. The summed E-state index contributed by atoms with van der Waals surface area (Å²) in [6, 6.07) is 12.5. The summed E-state index contributed by atoms with van der Waals surface area (Å²) in [4.78, 5) is 26.2. The standard InChI is InChI=1S/C18H17FN2O2/c1-2-12-5-3-4-6-16(12)21-17(22)11-15(18(21)23)20-14-9-7-13(19)8-10-14/h3-10,15,20H,2,11H2,1H3/t15-/m1/s1. The summed E-state index contributed by atoms with van der Waals surface area (Å²) in [5, 5.41) is 3.01. The first kappa shape index (κ1) is 15.2. The molecule has 118 valence electrons. The summed E-state index contributed by atoms with van der Waals surface area (Å²) in [7, 11) is 0. The molecule has 0 bridgehead atoms. The second kappa shape index (κ2) is 6.20. The van der Waals surface area contributed by atoms with Crippen LogP contribution in [0.15, 0.2) is 48.5 Å². The molecule has 0 aromatic heterocycles. The van der Waals surface area contributed by atoms with Gasteiger partial charge in [0, 0.05) is 5.69 Å². The van der Waals surface area contributed by atoms with Gasteiger partial charge in [-0.15, -0.1) is 0 Å². The minimum absolute atomic E-state index is 0.0915. The molecule has 23 heavy (non-hydrogen) atoms. The molecule has 1 aliphatic rings. The predicted octanol–water partition coefficient (Wildman–Crippen LogP) is 3.13. The molecule has 1 atom stereocenters. The van der Waals surface area contributed by atoms with Crippen molar-refractivity contribution in [3.63, 3.8) is 0 Å². The zero-order chi connectivity index (χ0) is 16.4. The topological polar surface area (TPSA) is 49.4 Å². The third kappa shape index (κ3) is 2.95. The number of nitrogens with one attached hydrogen (secondary N) is 1. The lowest BCUT2D eigenvalue weighted by Crippen LogP contribution is -2.35. The van der Waals surface area contributed by atoms with Gasteiger partial charge in [-0.2, -0.15) is 0 Å². The number of carbonyl (C=O) groups is 2. The minimum atomic E-state index is -0.627. The zero-order valence-electron chi connectivity index (χ0n) is 12.8. The molecule has 1 heterocycles. The summed E-state index contributed by atoms with van der Waals surface area (Å²) in [5.41, 5.74) is 2.22. The van der Waals surface area contributed by atoms with E-state index in [0.717, 1.165) is 12.0 Å². The first-order chi connectivity index (χ1) is 11.1. The van der Waals surface area contributed by atoms with Gasteiger partial charge in [-0.3, -0.25) is 9.59 Å². The number of hydrogen-bond donors (Lipinski definition) is 1.